The Hall–Kier alpha value is -0.870. The Kier molecular flexibility index (Phi) is 3.92. The van der Waals surface area contributed by atoms with Crippen LogP contribution in [0.2, 0.25) is 5.15 Å². The molecule has 0 atom stereocenters. The van der Waals surface area contributed by atoms with Crippen LogP contribution in [0, 0.1) is 0 Å². The minimum Gasteiger partial charge on any atom is -0.395 e. The largest absolute Gasteiger partial charge is 0.395 e. The van der Waals surface area contributed by atoms with Crippen molar-refractivity contribution in [3.63, 3.8) is 0 Å². The van der Waals surface area contributed by atoms with E-state index >= 15 is 0 Å². The number of aliphatic hydroxyl groups is 1. The summed E-state index contributed by atoms with van der Waals surface area (Å²) in [6.07, 6.45) is 1.41. The molecule has 0 aliphatic rings. The molecule has 0 fully saturated rings. The van der Waals surface area contributed by atoms with E-state index in [-0.39, 0.29) is 6.61 Å². The van der Waals surface area contributed by atoms with Gasteiger partial charge in [-0.3, -0.25) is 0 Å². The smallest absolute Gasteiger partial charge is 0.134 e. The first kappa shape index (κ1) is 10.2. The van der Waals surface area contributed by atoms with Crippen LogP contribution in [-0.4, -0.2) is 34.8 Å². The third-order valence-corrected chi connectivity index (χ3v) is 1.90. The summed E-state index contributed by atoms with van der Waals surface area (Å²) in [5.74, 6) is 0.747. The number of rotatable bonds is 4. The Morgan fingerprint density at radius 3 is 2.85 bits per heavy atom. The Labute approximate surface area is 82.2 Å². The SMILES string of the molecule is CCN(CCO)c1cc(Cl)ncn1. The highest BCUT2D eigenvalue weighted by atomic mass is 35.5. The van der Waals surface area contributed by atoms with E-state index in [1.165, 1.54) is 6.33 Å². The molecule has 0 aliphatic heterocycles. The molecule has 0 saturated heterocycles. The molecule has 5 heteroatoms. The summed E-state index contributed by atoms with van der Waals surface area (Å²) in [6, 6.07) is 1.68. The van der Waals surface area contributed by atoms with E-state index in [0.717, 1.165) is 12.4 Å². The van der Waals surface area contributed by atoms with Crippen LogP contribution in [0.5, 0.6) is 0 Å². The number of anilines is 1. The molecule has 0 unspecified atom stereocenters. The number of halogens is 1. The minimum atomic E-state index is 0.107. The monoisotopic (exact) mass is 201 g/mol. The first-order valence-electron chi connectivity index (χ1n) is 4.11. The van der Waals surface area contributed by atoms with Crippen molar-refractivity contribution < 1.29 is 5.11 Å². The van der Waals surface area contributed by atoms with Crippen LogP contribution in [0.1, 0.15) is 6.92 Å². The second-order valence-corrected chi connectivity index (χ2v) is 2.89. The summed E-state index contributed by atoms with van der Waals surface area (Å²) in [5.41, 5.74) is 0. The molecular weight excluding hydrogens is 190 g/mol. The maximum Gasteiger partial charge on any atom is 0.134 e. The summed E-state index contributed by atoms with van der Waals surface area (Å²) in [4.78, 5) is 9.75. The van der Waals surface area contributed by atoms with E-state index in [1.807, 2.05) is 11.8 Å². The molecule has 0 amide bonds. The molecule has 0 radical (unpaired) electrons. The lowest BCUT2D eigenvalue weighted by Gasteiger charge is -2.20. The van der Waals surface area contributed by atoms with E-state index < -0.39 is 0 Å². The molecule has 72 valence electrons. The summed E-state index contributed by atoms with van der Waals surface area (Å²) in [6.45, 7) is 3.44. The van der Waals surface area contributed by atoms with Gasteiger partial charge in [-0.05, 0) is 6.92 Å². The van der Waals surface area contributed by atoms with Gasteiger partial charge in [0.05, 0.1) is 6.61 Å². The van der Waals surface area contributed by atoms with Gasteiger partial charge in [0, 0.05) is 19.2 Å². The maximum atomic E-state index is 8.78. The van der Waals surface area contributed by atoms with Gasteiger partial charge in [0.2, 0.25) is 0 Å². The third-order valence-electron chi connectivity index (χ3n) is 1.69. The standard InChI is InChI=1S/C8H12ClN3O/c1-2-12(3-4-13)8-5-7(9)10-6-11-8/h5-6,13H,2-4H2,1H3. The van der Waals surface area contributed by atoms with Crippen molar-refractivity contribution in [3.05, 3.63) is 17.5 Å². The van der Waals surface area contributed by atoms with Crippen LogP contribution in [0.3, 0.4) is 0 Å². The normalized spacial score (nSPS) is 10.1. The highest BCUT2D eigenvalue weighted by Crippen LogP contribution is 2.13. The van der Waals surface area contributed by atoms with E-state index in [1.54, 1.807) is 6.07 Å². The van der Waals surface area contributed by atoms with Gasteiger partial charge >= 0.3 is 0 Å². The lowest BCUT2D eigenvalue weighted by Crippen LogP contribution is -2.27. The van der Waals surface area contributed by atoms with Crippen LogP contribution < -0.4 is 4.90 Å². The summed E-state index contributed by atoms with van der Waals surface area (Å²) in [7, 11) is 0. The van der Waals surface area contributed by atoms with Crippen LogP contribution in [-0.2, 0) is 0 Å². The van der Waals surface area contributed by atoms with Crippen molar-refractivity contribution in [2.75, 3.05) is 24.6 Å². The predicted molar refractivity (Wildman–Crippen MR) is 52.0 cm³/mol. The molecule has 1 aromatic heterocycles. The van der Waals surface area contributed by atoms with E-state index in [9.17, 15) is 0 Å². The average Bonchev–Trinajstić information content (AvgIpc) is 2.14. The van der Waals surface area contributed by atoms with E-state index in [0.29, 0.717) is 11.7 Å². The molecule has 1 rings (SSSR count). The van der Waals surface area contributed by atoms with Crippen molar-refractivity contribution in [1.82, 2.24) is 9.97 Å². The van der Waals surface area contributed by atoms with Crippen LogP contribution in [0.4, 0.5) is 5.82 Å². The molecule has 13 heavy (non-hydrogen) atoms. The highest BCUT2D eigenvalue weighted by Gasteiger charge is 2.04. The summed E-state index contributed by atoms with van der Waals surface area (Å²) < 4.78 is 0. The second kappa shape index (κ2) is 4.99. The quantitative estimate of drug-likeness (QED) is 0.737. The number of hydrogen-bond acceptors (Lipinski definition) is 4. The molecule has 4 nitrogen and oxygen atoms in total. The van der Waals surface area contributed by atoms with Crippen molar-refractivity contribution in [2.45, 2.75) is 6.92 Å². The Morgan fingerprint density at radius 1 is 1.54 bits per heavy atom. The van der Waals surface area contributed by atoms with Crippen LogP contribution in [0.25, 0.3) is 0 Å². The van der Waals surface area contributed by atoms with Gasteiger partial charge in [-0.2, -0.15) is 0 Å². The number of aliphatic hydroxyl groups excluding tert-OH is 1. The number of aromatic nitrogens is 2. The molecule has 0 aromatic carbocycles. The molecule has 1 aromatic rings. The van der Waals surface area contributed by atoms with Gasteiger partial charge < -0.3 is 10.0 Å². The Bertz CT molecular complexity index is 269. The van der Waals surface area contributed by atoms with Crippen molar-refractivity contribution in [1.29, 1.82) is 0 Å². The first-order valence-corrected chi connectivity index (χ1v) is 4.49. The molecule has 0 spiro atoms. The number of hydrogen-bond donors (Lipinski definition) is 1. The first-order chi connectivity index (χ1) is 6.27. The highest BCUT2D eigenvalue weighted by molar-refractivity contribution is 6.29. The fourth-order valence-electron chi connectivity index (χ4n) is 1.05. The van der Waals surface area contributed by atoms with Gasteiger partial charge in [-0.25, -0.2) is 9.97 Å². The van der Waals surface area contributed by atoms with Crippen molar-refractivity contribution in [3.8, 4) is 0 Å². The second-order valence-electron chi connectivity index (χ2n) is 2.50. The molecule has 0 bridgehead atoms. The predicted octanol–water partition coefficient (Wildman–Crippen LogP) is 0.949. The molecular formula is C8H12ClN3O. The minimum absolute atomic E-state index is 0.107. The third kappa shape index (κ3) is 2.82. The Balaban J connectivity index is 2.78. The Morgan fingerprint density at radius 2 is 2.31 bits per heavy atom. The maximum absolute atomic E-state index is 8.78. The lowest BCUT2D eigenvalue weighted by atomic mass is 10.4. The lowest BCUT2D eigenvalue weighted by molar-refractivity contribution is 0.302. The van der Waals surface area contributed by atoms with Gasteiger partial charge in [-0.1, -0.05) is 11.6 Å². The molecule has 1 heterocycles. The van der Waals surface area contributed by atoms with Crippen LogP contribution >= 0.6 is 11.6 Å². The molecule has 1 N–H and O–H groups in total. The van der Waals surface area contributed by atoms with Gasteiger partial charge in [-0.15, -0.1) is 0 Å². The fourth-order valence-corrected chi connectivity index (χ4v) is 1.19. The number of nitrogens with zero attached hydrogens (tertiary/aromatic N) is 3. The van der Waals surface area contributed by atoms with Gasteiger partial charge in [0.15, 0.2) is 0 Å². The summed E-state index contributed by atoms with van der Waals surface area (Å²) >= 11 is 5.71. The number of likely N-dealkylation sites (N-methyl/N-ethyl adjacent to an activating group) is 1. The zero-order chi connectivity index (χ0) is 9.68. The molecule has 0 saturated carbocycles. The fraction of sp³-hybridized carbons (Fsp3) is 0.500. The van der Waals surface area contributed by atoms with Gasteiger partial charge in [0.1, 0.15) is 17.3 Å². The van der Waals surface area contributed by atoms with E-state index in [4.69, 9.17) is 16.7 Å². The average molecular weight is 202 g/mol. The van der Waals surface area contributed by atoms with Gasteiger partial charge in [0.25, 0.3) is 0 Å². The van der Waals surface area contributed by atoms with Crippen molar-refractivity contribution >= 4 is 17.4 Å². The summed E-state index contributed by atoms with van der Waals surface area (Å²) in [5, 5.41) is 9.20. The zero-order valence-corrected chi connectivity index (χ0v) is 8.20. The van der Waals surface area contributed by atoms with Crippen LogP contribution in [0.15, 0.2) is 12.4 Å². The molecule has 0 aliphatic carbocycles. The van der Waals surface area contributed by atoms with Crippen molar-refractivity contribution in [2.24, 2.45) is 0 Å². The zero-order valence-electron chi connectivity index (χ0n) is 7.44. The van der Waals surface area contributed by atoms with E-state index in [2.05, 4.69) is 9.97 Å². The topological polar surface area (TPSA) is 49.2 Å².